The SMILES string of the molecule is COC1NC(C#N)CCC1C1NCC2C(N1)N(CC1CCC(C3NC(C(F)(F)F)CN3C)CC1)C(=N)N2C. The van der Waals surface area contributed by atoms with Crippen molar-refractivity contribution in [1.29, 1.82) is 10.7 Å². The fourth-order valence-electron chi connectivity index (χ4n) is 7.37. The van der Waals surface area contributed by atoms with Gasteiger partial charge in [0.25, 0.3) is 0 Å². The molecule has 13 heteroatoms. The lowest BCUT2D eigenvalue weighted by molar-refractivity contribution is -0.150. The van der Waals surface area contributed by atoms with Crippen molar-refractivity contribution in [1.82, 2.24) is 36.0 Å². The Kier molecular flexibility index (Phi) is 8.11. The number of guanidine groups is 1. The highest BCUT2D eigenvalue weighted by molar-refractivity contribution is 5.80. The molecule has 0 aromatic heterocycles. The molecule has 214 valence electrons. The molecule has 1 saturated carbocycles. The summed E-state index contributed by atoms with van der Waals surface area (Å²) in [5.41, 5.74) is 0. The van der Waals surface area contributed by atoms with Crippen molar-refractivity contribution >= 4 is 5.96 Å². The van der Waals surface area contributed by atoms with Crippen LogP contribution in [0.4, 0.5) is 13.2 Å². The highest BCUT2D eigenvalue weighted by Gasteiger charge is 2.50. The molecule has 5 fully saturated rings. The van der Waals surface area contributed by atoms with Gasteiger partial charge in [-0.15, -0.1) is 0 Å². The summed E-state index contributed by atoms with van der Waals surface area (Å²) in [7, 11) is 5.42. The molecule has 0 spiro atoms. The smallest absolute Gasteiger partial charge is 0.366 e. The van der Waals surface area contributed by atoms with Gasteiger partial charge in [0.1, 0.15) is 18.4 Å². The molecule has 0 radical (unpaired) electrons. The highest BCUT2D eigenvalue weighted by Crippen LogP contribution is 2.37. The first-order chi connectivity index (χ1) is 18.1. The van der Waals surface area contributed by atoms with Crippen molar-refractivity contribution in [3.8, 4) is 6.07 Å². The first-order valence-electron chi connectivity index (χ1n) is 13.9. The molecule has 10 nitrogen and oxygen atoms in total. The summed E-state index contributed by atoms with van der Waals surface area (Å²) >= 11 is 0. The van der Waals surface area contributed by atoms with Gasteiger partial charge in [-0.05, 0) is 57.4 Å². The molecule has 4 heterocycles. The number of hydrogen-bond acceptors (Lipinski definition) is 8. The molecule has 0 aromatic carbocycles. The Morgan fingerprint density at radius 3 is 2.42 bits per heavy atom. The molecular formula is C25H42F3N9O. The number of nitrogens with one attached hydrogen (secondary N) is 5. The van der Waals surface area contributed by atoms with E-state index in [2.05, 4.69) is 32.2 Å². The Morgan fingerprint density at radius 1 is 1.05 bits per heavy atom. The van der Waals surface area contributed by atoms with E-state index >= 15 is 0 Å². The van der Waals surface area contributed by atoms with E-state index in [1.54, 1.807) is 14.2 Å². The Balaban J connectivity index is 1.18. The van der Waals surface area contributed by atoms with E-state index in [4.69, 9.17) is 10.1 Å². The Morgan fingerprint density at radius 2 is 1.79 bits per heavy atom. The molecule has 0 bridgehead atoms. The second kappa shape index (κ2) is 11.1. The van der Waals surface area contributed by atoms with Crippen molar-refractivity contribution in [3.63, 3.8) is 0 Å². The number of nitriles is 1. The molecule has 5 rings (SSSR count). The Labute approximate surface area is 223 Å². The zero-order valence-electron chi connectivity index (χ0n) is 22.5. The van der Waals surface area contributed by atoms with Crippen LogP contribution in [0.2, 0.25) is 0 Å². The van der Waals surface area contributed by atoms with Crippen LogP contribution in [0.25, 0.3) is 0 Å². The van der Waals surface area contributed by atoms with E-state index < -0.39 is 12.2 Å². The Hall–Kier alpha value is -1.69. The fraction of sp³-hybridized carbons (Fsp3) is 0.920. The molecule has 38 heavy (non-hydrogen) atoms. The van der Waals surface area contributed by atoms with Gasteiger partial charge in [-0.1, -0.05) is 0 Å². The van der Waals surface area contributed by atoms with E-state index in [1.165, 1.54) is 0 Å². The molecule has 5 N–H and O–H groups in total. The summed E-state index contributed by atoms with van der Waals surface area (Å²) in [6.45, 7) is 1.52. The number of halogens is 3. The highest BCUT2D eigenvalue weighted by atomic mass is 19.4. The molecule has 5 aliphatic rings. The van der Waals surface area contributed by atoms with Crippen LogP contribution in [-0.4, -0.2) is 111 Å². The van der Waals surface area contributed by atoms with Crippen LogP contribution < -0.4 is 21.3 Å². The average Bonchev–Trinajstić information content (AvgIpc) is 3.42. The maximum Gasteiger partial charge on any atom is 0.405 e. The van der Waals surface area contributed by atoms with Crippen LogP contribution in [0, 0.1) is 34.5 Å². The normalized spacial score (nSPS) is 42.8. The second-order valence-electron chi connectivity index (χ2n) is 11.8. The summed E-state index contributed by atoms with van der Waals surface area (Å²) in [5.74, 6) is 1.27. The fourth-order valence-corrected chi connectivity index (χ4v) is 7.37. The standard InChI is InChI=1S/C25H42F3N9O/c1-35-13-19(25(26,27)28)33-21(35)15-6-4-14(5-7-15)12-37-22-18(36(2)24(37)30)11-31-20(34-22)17-9-8-16(10-29)32-23(17)38-3/h14-23,30-34H,4-9,11-13H2,1-3H3. The summed E-state index contributed by atoms with van der Waals surface area (Å²) < 4.78 is 45.4. The van der Waals surface area contributed by atoms with Gasteiger partial charge in [0.2, 0.25) is 0 Å². The van der Waals surface area contributed by atoms with Gasteiger partial charge in [-0.25, -0.2) is 0 Å². The number of piperidine rings is 1. The second-order valence-corrected chi connectivity index (χ2v) is 11.8. The number of nitrogens with zero attached hydrogens (tertiary/aromatic N) is 4. The third-order valence-electron chi connectivity index (χ3n) is 9.59. The minimum atomic E-state index is -4.22. The van der Waals surface area contributed by atoms with Gasteiger partial charge in [-0.2, -0.15) is 18.4 Å². The maximum atomic E-state index is 13.2. The van der Waals surface area contributed by atoms with Crippen LogP contribution in [-0.2, 0) is 4.74 Å². The molecule has 8 atom stereocenters. The van der Waals surface area contributed by atoms with Gasteiger partial charge in [-0.3, -0.25) is 31.6 Å². The van der Waals surface area contributed by atoms with Crippen LogP contribution >= 0.6 is 0 Å². The average molecular weight is 542 g/mol. The molecule has 0 amide bonds. The van der Waals surface area contributed by atoms with Crippen LogP contribution in [0.15, 0.2) is 0 Å². The lowest BCUT2D eigenvalue weighted by atomic mass is 9.80. The monoisotopic (exact) mass is 541 g/mol. The summed E-state index contributed by atoms with van der Waals surface area (Å²) in [6.07, 6.45) is 0.648. The largest absolute Gasteiger partial charge is 0.405 e. The van der Waals surface area contributed by atoms with E-state index in [1.807, 2.05) is 16.8 Å². The summed E-state index contributed by atoms with van der Waals surface area (Å²) in [4.78, 5) is 6.03. The van der Waals surface area contributed by atoms with Gasteiger partial charge in [0, 0.05) is 39.7 Å². The first-order valence-corrected chi connectivity index (χ1v) is 13.9. The Bertz CT molecular complexity index is 892. The number of likely N-dealkylation sites (N-methyl/N-ethyl adjacent to an activating group) is 2. The third kappa shape index (κ3) is 5.36. The number of rotatable bonds is 5. The van der Waals surface area contributed by atoms with Crippen LogP contribution in [0.5, 0.6) is 0 Å². The minimum absolute atomic E-state index is 0.00199. The van der Waals surface area contributed by atoms with Crippen molar-refractivity contribution in [2.45, 2.75) is 87.6 Å². The van der Waals surface area contributed by atoms with Gasteiger partial charge >= 0.3 is 6.18 Å². The zero-order valence-corrected chi connectivity index (χ0v) is 22.5. The number of hydrogen-bond donors (Lipinski definition) is 5. The maximum absolute atomic E-state index is 13.2. The van der Waals surface area contributed by atoms with Crippen LogP contribution in [0.1, 0.15) is 38.5 Å². The van der Waals surface area contributed by atoms with E-state index in [9.17, 15) is 18.4 Å². The number of ether oxygens (including phenoxy) is 1. The molecule has 4 aliphatic heterocycles. The van der Waals surface area contributed by atoms with Crippen molar-refractivity contribution in [2.75, 3.05) is 40.8 Å². The number of fused-ring (bicyclic) bond motifs is 1. The van der Waals surface area contributed by atoms with Gasteiger partial charge < -0.3 is 14.5 Å². The van der Waals surface area contributed by atoms with Gasteiger partial charge in [0.05, 0.1) is 30.5 Å². The molecule has 8 unspecified atom stereocenters. The van der Waals surface area contributed by atoms with Crippen molar-refractivity contribution < 1.29 is 17.9 Å². The lowest BCUT2D eigenvalue weighted by Crippen LogP contribution is -2.69. The van der Waals surface area contributed by atoms with Crippen LogP contribution in [0.3, 0.4) is 0 Å². The predicted octanol–water partition coefficient (Wildman–Crippen LogP) is 0.845. The number of alkyl halides is 3. The first kappa shape index (κ1) is 27.9. The van der Waals surface area contributed by atoms with Crippen molar-refractivity contribution in [2.24, 2.45) is 17.8 Å². The number of methoxy groups -OCH3 is 1. The molecular weight excluding hydrogens is 499 g/mol. The van der Waals surface area contributed by atoms with Gasteiger partial charge in [0.15, 0.2) is 5.96 Å². The zero-order chi connectivity index (χ0) is 27.2. The molecule has 4 saturated heterocycles. The third-order valence-corrected chi connectivity index (χ3v) is 9.59. The minimum Gasteiger partial charge on any atom is -0.366 e. The molecule has 1 aliphatic carbocycles. The summed E-state index contributed by atoms with van der Waals surface area (Å²) in [5, 5.41) is 31.7. The topological polar surface area (TPSA) is 115 Å². The quantitative estimate of drug-likeness (QED) is 0.346. The van der Waals surface area contributed by atoms with E-state index in [0.29, 0.717) is 11.9 Å². The van der Waals surface area contributed by atoms with E-state index in [-0.39, 0.29) is 55.2 Å². The van der Waals surface area contributed by atoms with E-state index in [0.717, 1.165) is 51.6 Å². The summed E-state index contributed by atoms with van der Waals surface area (Å²) in [6, 6.07) is 0.773. The predicted molar refractivity (Wildman–Crippen MR) is 136 cm³/mol. The lowest BCUT2D eigenvalue weighted by Gasteiger charge is -2.45. The van der Waals surface area contributed by atoms with Crippen molar-refractivity contribution in [3.05, 3.63) is 0 Å². The molecule has 0 aromatic rings.